The minimum absolute atomic E-state index is 0. The van der Waals surface area contributed by atoms with Crippen molar-refractivity contribution in [2.75, 3.05) is 54.0 Å². The summed E-state index contributed by atoms with van der Waals surface area (Å²) >= 11 is 0. The third-order valence-electron chi connectivity index (χ3n) is 6.23. The van der Waals surface area contributed by atoms with Crippen molar-refractivity contribution in [3.8, 4) is 0 Å². The van der Waals surface area contributed by atoms with Gasteiger partial charge in [-0.3, -0.25) is 14.8 Å². The second kappa shape index (κ2) is 14.0. The van der Waals surface area contributed by atoms with Gasteiger partial charge in [0.05, 0.1) is 13.1 Å². The van der Waals surface area contributed by atoms with Gasteiger partial charge in [-0.2, -0.15) is 0 Å². The molecule has 2 aliphatic rings. The Morgan fingerprint density at radius 2 is 1.10 bits per heavy atom. The topological polar surface area (TPSA) is 160 Å². The smallest absolute Gasteiger partial charge is 0.323 e. The number of amidine groups is 2. The van der Waals surface area contributed by atoms with Crippen LogP contribution in [0.4, 0.5) is 32.3 Å². The maximum Gasteiger partial charge on any atom is 0.323 e. The molecule has 3 aromatic rings. The molecule has 0 fully saturated rings. The Bertz CT molecular complexity index is 1400. The van der Waals surface area contributed by atoms with Crippen LogP contribution in [-0.4, -0.2) is 62.4 Å². The monoisotopic (exact) mass is 589 g/mol. The molecule has 0 unspecified atom stereocenters. The van der Waals surface area contributed by atoms with Gasteiger partial charge < -0.3 is 37.2 Å². The zero-order chi connectivity index (χ0) is 28.6. The van der Waals surface area contributed by atoms with Crippen molar-refractivity contribution in [3.63, 3.8) is 0 Å². The first-order valence-corrected chi connectivity index (χ1v) is 13.3. The fraction of sp³-hybridized carbons (Fsp3) is 0.207. The van der Waals surface area contributed by atoms with Crippen LogP contribution >= 0.6 is 12.4 Å². The lowest BCUT2D eigenvalue weighted by Gasteiger charge is -2.13. The van der Waals surface area contributed by atoms with E-state index >= 15 is 0 Å². The predicted molar refractivity (Wildman–Crippen MR) is 169 cm³/mol. The van der Waals surface area contributed by atoms with E-state index < -0.39 is 12.1 Å². The molecule has 0 atom stereocenters. The molecule has 5 rings (SSSR count). The highest BCUT2D eigenvalue weighted by Gasteiger charge is 2.14. The maximum atomic E-state index is 12.8. The Hall–Kier alpha value is -5.10. The number of rotatable bonds is 8. The molecule has 42 heavy (non-hydrogen) atoms. The number of carbonyl (C=O) groups is 3. The van der Waals surface area contributed by atoms with E-state index in [0.717, 1.165) is 49.0 Å². The van der Waals surface area contributed by atoms with Crippen molar-refractivity contribution in [1.29, 1.82) is 0 Å². The Labute approximate surface area is 249 Å². The summed E-state index contributed by atoms with van der Waals surface area (Å²) in [7, 11) is 0. The van der Waals surface area contributed by atoms with Crippen molar-refractivity contribution in [2.45, 2.75) is 6.92 Å². The molecular formula is C29H32ClN9O3. The van der Waals surface area contributed by atoms with Crippen molar-refractivity contribution in [1.82, 2.24) is 16.0 Å². The highest BCUT2D eigenvalue weighted by Crippen LogP contribution is 2.21. The molecule has 0 saturated heterocycles. The van der Waals surface area contributed by atoms with E-state index in [2.05, 4.69) is 47.2 Å². The van der Waals surface area contributed by atoms with Crippen LogP contribution in [0.15, 0.2) is 76.7 Å². The number of carbonyl (C=O) groups excluding carboxylic acids is 3. The molecule has 12 nitrogen and oxygen atoms in total. The first-order chi connectivity index (χ1) is 20.0. The number of hydrogen-bond donors (Lipinski definition) is 7. The molecular weight excluding hydrogens is 558 g/mol. The van der Waals surface area contributed by atoms with Crippen molar-refractivity contribution in [3.05, 3.63) is 83.4 Å². The number of nitrogens with one attached hydrogen (secondary N) is 7. The number of amides is 5. The summed E-state index contributed by atoms with van der Waals surface area (Å²) in [6, 6.07) is 18.3. The first-order valence-electron chi connectivity index (χ1n) is 13.3. The lowest BCUT2D eigenvalue weighted by atomic mass is 10.1. The number of nitrogens with zero attached hydrogens (tertiary/aromatic N) is 2. The highest BCUT2D eigenvalue weighted by atomic mass is 35.5. The van der Waals surface area contributed by atoms with Gasteiger partial charge in [-0.05, 0) is 73.7 Å². The van der Waals surface area contributed by atoms with E-state index in [4.69, 9.17) is 0 Å². The molecule has 2 heterocycles. The molecule has 3 aromatic carbocycles. The molecule has 0 bridgehead atoms. The lowest BCUT2D eigenvalue weighted by Crippen LogP contribution is -2.25. The standard InChI is InChI=1S/C29H31N9O3.ClH/c1-2-30-27(39)20-15-23(37-28(40)35-21-7-3-18(4-8-21)25-31-11-12-32-25)17-24(16-20)38-29(41)36-22-9-5-19(6-10-22)26-33-13-14-34-26;/h3-10,15-17H,2,11-14H2,1H3,(H,30,39)(H,31,32)(H,33,34)(H2,35,37,40)(H2,36,38,41);1H. The van der Waals surface area contributed by atoms with Gasteiger partial charge in [-0.1, -0.05) is 0 Å². The van der Waals surface area contributed by atoms with Gasteiger partial charge in [0.15, 0.2) is 0 Å². The highest BCUT2D eigenvalue weighted by molar-refractivity contribution is 6.06. The number of hydrogen-bond acceptors (Lipinski definition) is 7. The molecule has 0 saturated carbocycles. The molecule has 0 aromatic heterocycles. The normalized spacial score (nSPS) is 13.4. The largest absolute Gasteiger partial charge is 0.368 e. The molecule has 13 heteroatoms. The number of urea groups is 2. The fourth-order valence-corrected chi connectivity index (χ4v) is 4.36. The summed E-state index contributed by atoms with van der Waals surface area (Å²) in [4.78, 5) is 46.9. The summed E-state index contributed by atoms with van der Waals surface area (Å²) in [6.45, 7) is 5.35. The lowest BCUT2D eigenvalue weighted by molar-refractivity contribution is 0.0955. The minimum atomic E-state index is -0.501. The quantitative estimate of drug-likeness (QED) is 0.212. The van der Waals surface area contributed by atoms with Crippen LogP contribution < -0.4 is 37.2 Å². The average molecular weight is 590 g/mol. The van der Waals surface area contributed by atoms with Crippen LogP contribution in [0.3, 0.4) is 0 Å². The van der Waals surface area contributed by atoms with E-state index in [0.29, 0.717) is 29.3 Å². The molecule has 5 amide bonds. The molecule has 0 spiro atoms. The van der Waals surface area contributed by atoms with Gasteiger partial charge in [0.25, 0.3) is 5.91 Å². The van der Waals surface area contributed by atoms with E-state index in [1.54, 1.807) is 49.4 Å². The number of benzene rings is 3. The third-order valence-corrected chi connectivity index (χ3v) is 6.23. The van der Waals surface area contributed by atoms with Crippen LogP contribution in [0, 0.1) is 0 Å². The van der Waals surface area contributed by atoms with Crippen molar-refractivity contribution >= 4 is 64.8 Å². The van der Waals surface area contributed by atoms with Gasteiger partial charge in [0, 0.05) is 59.1 Å². The zero-order valence-electron chi connectivity index (χ0n) is 22.9. The molecule has 7 N–H and O–H groups in total. The molecule has 2 aliphatic heterocycles. The van der Waals surface area contributed by atoms with E-state index in [1.165, 1.54) is 0 Å². The van der Waals surface area contributed by atoms with Crippen LogP contribution in [0.25, 0.3) is 0 Å². The second-order valence-electron chi connectivity index (χ2n) is 9.29. The van der Waals surface area contributed by atoms with Gasteiger partial charge in [-0.15, -0.1) is 12.4 Å². The van der Waals surface area contributed by atoms with Gasteiger partial charge in [0.1, 0.15) is 11.7 Å². The number of halogens is 1. The Kier molecular flexibility index (Phi) is 9.95. The Balaban J connectivity index is 0.00000405. The predicted octanol–water partition coefficient (Wildman–Crippen LogP) is 3.85. The van der Waals surface area contributed by atoms with E-state index in [-0.39, 0.29) is 23.9 Å². The Morgan fingerprint density at radius 1 is 0.667 bits per heavy atom. The van der Waals surface area contributed by atoms with Gasteiger partial charge >= 0.3 is 12.1 Å². The minimum Gasteiger partial charge on any atom is -0.368 e. The summed E-state index contributed by atoms with van der Waals surface area (Å²) < 4.78 is 0. The van der Waals surface area contributed by atoms with Crippen LogP contribution in [0.2, 0.25) is 0 Å². The molecule has 0 radical (unpaired) electrons. The number of anilines is 4. The van der Waals surface area contributed by atoms with Crippen molar-refractivity contribution in [2.24, 2.45) is 9.98 Å². The Morgan fingerprint density at radius 3 is 1.48 bits per heavy atom. The first kappa shape index (κ1) is 29.9. The third kappa shape index (κ3) is 7.76. The summed E-state index contributed by atoms with van der Waals surface area (Å²) in [5.74, 6) is 1.33. The SMILES string of the molecule is CCNC(=O)c1cc(NC(=O)Nc2ccc(C3=NCCN3)cc2)cc(NC(=O)Nc2ccc(C3=NCCN3)cc2)c1.Cl. The summed E-state index contributed by atoms with van der Waals surface area (Å²) in [5.41, 5.74) is 3.99. The summed E-state index contributed by atoms with van der Waals surface area (Å²) in [6.07, 6.45) is 0. The maximum absolute atomic E-state index is 12.8. The molecule has 218 valence electrons. The van der Waals surface area contributed by atoms with Gasteiger partial charge in [0.2, 0.25) is 0 Å². The number of aliphatic imine (C=N–C) groups is 2. The zero-order valence-corrected chi connectivity index (χ0v) is 23.7. The fourth-order valence-electron chi connectivity index (χ4n) is 4.36. The van der Waals surface area contributed by atoms with E-state index in [9.17, 15) is 14.4 Å². The average Bonchev–Trinajstić information content (AvgIpc) is 3.69. The van der Waals surface area contributed by atoms with Crippen LogP contribution in [-0.2, 0) is 0 Å². The van der Waals surface area contributed by atoms with Crippen molar-refractivity contribution < 1.29 is 14.4 Å². The van der Waals surface area contributed by atoms with E-state index in [1.807, 2.05) is 24.3 Å². The van der Waals surface area contributed by atoms with Crippen LogP contribution in [0.5, 0.6) is 0 Å². The van der Waals surface area contributed by atoms with Gasteiger partial charge in [-0.25, -0.2) is 9.59 Å². The van der Waals surface area contributed by atoms with Crippen LogP contribution in [0.1, 0.15) is 28.4 Å². The molecule has 0 aliphatic carbocycles. The second-order valence-corrected chi connectivity index (χ2v) is 9.29. The summed E-state index contributed by atoms with van der Waals surface area (Å²) in [5, 5.41) is 20.2.